The summed E-state index contributed by atoms with van der Waals surface area (Å²) in [6.45, 7) is 0.187. The van der Waals surface area contributed by atoms with E-state index in [9.17, 15) is 4.79 Å². The summed E-state index contributed by atoms with van der Waals surface area (Å²) in [6, 6.07) is 8.62. The number of rotatable bonds is 5. The second-order valence-corrected chi connectivity index (χ2v) is 4.10. The van der Waals surface area contributed by atoms with Gasteiger partial charge in [0.15, 0.2) is 0 Å². The molecule has 2 aromatic rings. The van der Waals surface area contributed by atoms with Crippen molar-refractivity contribution in [2.24, 2.45) is 5.73 Å². The van der Waals surface area contributed by atoms with Crippen LogP contribution in [-0.2, 0) is 9.53 Å². The molecule has 19 heavy (non-hydrogen) atoms. The first-order valence-electron chi connectivity index (χ1n) is 5.86. The molecule has 6 nitrogen and oxygen atoms in total. The highest BCUT2D eigenvalue weighted by Crippen LogP contribution is 2.20. The minimum Gasteiger partial charge on any atom is -0.383 e. The molecule has 2 rings (SSSR count). The lowest BCUT2D eigenvalue weighted by molar-refractivity contribution is -0.118. The Balaban J connectivity index is 2.09. The van der Waals surface area contributed by atoms with Gasteiger partial charge in [0.25, 0.3) is 0 Å². The number of anilines is 1. The number of nitrogens with two attached hydrogens (primary N) is 1. The third-order valence-corrected chi connectivity index (χ3v) is 2.62. The van der Waals surface area contributed by atoms with Crippen molar-refractivity contribution in [3.63, 3.8) is 0 Å². The summed E-state index contributed by atoms with van der Waals surface area (Å²) in [5, 5.41) is 9.51. The monoisotopic (exact) mass is 260 g/mol. The molecule has 1 atom stereocenters. The van der Waals surface area contributed by atoms with Crippen LogP contribution in [0.3, 0.4) is 0 Å². The maximum atomic E-state index is 11.8. The molecule has 0 aliphatic carbocycles. The van der Waals surface area contributed by atoms with Crippen LogP contribution < -0.4 is 11.1 Å². The van der Waals surface area contributed by atoms with Crippen molar-refractivity contribution < 1.29 is 9.53 Å². The predicted molar refractivity (Wildman–Crippen MR) is 72.5 cm³/mol. The lowest BCUT2D eigenvalue weighted by atomic mass is 10.1. The van der Waals surface area contributed by atoms with Crippen molar-refractivity contribution >= 4 is 11.6 Å². The van der Waals surface area contributed by atoms with Gasteiger partial charge in [0, 0.05) is 24.6 Å². The Morgan fingerprint density at radius 3 is 3.05 bits per heavy atom. The molecule has 0 spiro atoms. The second kappa shape index (κ2) is 6.12. The Hall–Kier alpha value is -2.18. The number of nitrogens with one attached hydrogen (secondary N) is 2. The standard InChI is InChI=1S/C13H16N4O2/c1-19-8-11(14)13(18)16-10-4-2-3-9(7-10)12-5-6-15-17-12/h2-7,11H,8,14H2,1H3,(H,15,17)(H,16,18). The van der Waals surface area contributed by atoms with Gasteiger partial charge < -0.3 is 15.8 Å². The van der Waals surface area contributed by atoms with Gasteiger partial charge >= 0.3 is 0 Å². The number of aromatic amines is 1. The number of ether oxygens (including phenoxy) is 1. The van der Waals surface area contributed by atoms with E-state index < -0.39 is 6.04 Å². The number of carbonyl (C=O) groups excluding carboxylic acids is 1. The molecule has 0 radical (unpaired) electrons. The van der Waals surface area contributed by atoms with Crippen molar-refractivity contribution in [1.82, 2.24) is 10.2 Å². The topological polar surface area (TPSA) is 93.0 Å². The van der Waals surface area contributed by atoms with Crippen molar-refractivity contribution in [2.45, 2.75) is 6.04 Å². The van der Waals surface area contributed by atoms with Crippen LogP contribution in [0.1, 0.15) is 0 Å². The molecular formula is C13H16N4O2. The average Bonchev–Trinajstić information content (AvgIpc) is 2.93. The summed E-state index contributed by atoms with van der Waals surface area (Å²) in [6.07, 6.45) is 1.68. The first-order valence-corrected chi connectivity index (χ1v) is 5.86. The Morgan fingerprint density at radius 2 is 2.37 bits per heavy atom. The molecule has 4 N–H and O–H groups in total. The van der Waals surface area contributed by atoms with Gasteiger partial charge in [-0.1, -0.05) is 12.1 Å². The molecule has 6 heteroatoms. The van der Waals surface area contributed by atoms with Crippen LogP contribution >= 0.6 is 0 Å². The van der Waals surface area contributed by atoms with Gasteiger partial charge in [0.05, 0.1) is 12.3 Å². The Bertz CT molecular complexity index is 539. The van der Waals surface area contributed by atoms with E-state index in [-0.39, 0.29) is 12.5 Å². The van der Waals surface area contributed by atoms with Gasteiger partial charge in [0.1, 0.15) is 6.04 Å². The minimum absolute atomic E-state index is 0.187. The fraction of sp³-hybridized carbons (Fsp3) is 0.231. The summed E-state index contributed by atoms with van der Waals surface area (Å²) >= 11 is 0. The van der Waals surface area contributed by atoms with Gasteiger partial charge in [-0.25, -0.2) is 0 Å². The largest absolute Gasteiger partial charge is 0.383 e. The molecule has 1 heterocycles. The zero-order valence-corrected chi connectivity index (χ0v) is 10.6. The van der Waals surface area contributed by atoms with Crippen LogP contribution in [0, 0.1) is 0 Å². The van der Waals surface area contributed by atoms with E-state index in [0.29, 0.717) is 5.69 Å². The molecule has 1 aromatic carbocycles. The fourth-order valence-electron chi connectivity index (χ4n) is 1.67. The SMILES string of the molecule is COCC(N)C(=O)Nc1cccc(-c2ccn[nH]2)c1. The van der Waals surface area contributed by atoms with Gasteiger partial charge in [0.2, 0.25) is 5.91 Å². The fourth-order valence-corrected chi connectivity index (χ4v) is 1.67. The quantitative estimate of drug-likeness (QED) is 0.747. The molecular weight excluding hydrogens is 244 g/mol. The maximum Gasteiger partial charge on any atom is 0.243 e. The normalized spacial score (nSPS) is 12.1. The predicted octanol–water partition coefficient (Wildman–Crippen LogP) is 0.989. The third-order valence-electron chi connectivity index (χ3n) is 2.62. The van der Waals surface area contributed by atoms with Crippen molar-refractivity contribution in [2.75, 3.05) is 19.0 Å². The van der Waals surface area contributed by atoms with Gasteiger partial charge in [-0.05, 0) is 18.2 Å². The maximum absolute atomic E-state index is 11.8. The average molecular weight is 260 g/mol. The number of H-pyrrole nitrogens is 1. The van der Waals surface area contributed by atoms with Gasteiger partial charge in [-0.2, -0.15) is 5.10 Å². The molecule has 0 fully saturated rings. The summed E-state index contributed by atoms with van der Waals surface area (Å²) in [5.41, 5.74) is 8.17. The summed E-state index contributed by atoms with van der Waals surface area (Å²) < 4.78 is 4.85. The van der Waals surface area contributed by atoms with E-state index in [1.165, 1.54) is 7.11 Å². The Morgan fingerprint density at radius 1 is 1.53 bits per heavy atom. The molecule has 0 saturated carbocycles. The molecule has 0 saturated heterocycles. The van der Waals surface area contributed by atoms with Crippen LogP contribution in [-0.4, -0.2) is 35.9 Å². The first-order chi connectivity index (χ1) is 9.20. The third kappa shape index (κ3) is 3.40. The number of hydrogen-bond acceptors (Lipinski definition) is 4. The van der Waals surface area contributed by atoms with E-state index in [1.807, 2.05) is 24.3 Å². The lowest BCUT2D eigenvalue weighted by Crippen LogP contribution is -2.39. The van der Waals surface area contributed by atoms with E-state index in [1.54, 1.807) is 12.3 Å². The molecule has 0 aliphatic heterocycles. The van der Waals surface area contributed by atoms with Gasteiger partial charge in [-0.15, -0.1) is 0 Å². The van der Waals surface area contributed by atoms with Crippen LogP contribution in [0.5, 0.6) is 0 Å². The number of benzene rings is 1. The molecule has 0 bridgehead atoms. The second-order valence-electron chi connectivity index (χ2n) is 4.10. The smallest absolute Gasteiger partial charge is 0.243 e. The zero-order chi connectivity index (χ0) is 13.7. The number of hydrogen-bond donors (Lipinski definition) is 3. The van der Waals surface area contributed by atoms with Crippen LogP contribution in [0.4, 0.5) is 5.69 Å². The van der Waals surface area contributed by atoms with Crippen LogP contribution in [0.15, 0.2) is 36.5 Å². The summed E-state index contributed by atoms with van der Waals surface area (Å²) in [4.78, 5) is 11.8. The van der Waals surface area contributed by atoms with Crippen molar-refractivity contribution in [3.05, 3.63) is 36.5 Å². The van der Waals surface area contributed by atoms with Crippen molar-refractivity contribution in [1.29, 1.82) is 0 Å². The molecule has 1 aromatic heterocycles. The highest BCUT2D eigenvalue weighted by Gasteiger charge is 2.13. The molecule has 1 amide bonds. The molecule has 0 aliphatic rings. The molecule has 100 valence electrons. The van der Waals surface area contributed by atoms with Gasteiger partial charge in [-0.3, -0.25) is 9.89 Å². The number of aromatic nitrogens is 2. The lowest BCUT2D eigenvalue weighted by Gasteiger charge is -2.11. The zero-order valence-electron chi connectivity index (χ0n) is 10.6. The van der Waals surface area contributed by atoms with E-state index in [0.717, 1.165) is 11.3 Å². The molecule has 1 unspecified atom stereocenters. The number of methoxy groups -OCH3 is 1. The Kier molecular flexibility index (Phi) is 4.27. The highest BCUT2D eigenvalue weighted by molar-refractivity contribution is 5.95. The number of amides is 1. The summed E-state index contributed by atoms with van der Waals surface area (Å²) in [7, 11) is 1.51. The first kappa shape index (κ1) is 13.3. The van der Waals surface area contributed by atoms with Crippen LogP contribution in [0.2, 0.25) is 0 Å². The van der Waals surface area contributed by atoms with E-state index in [4.69, 9.17) is 10.5 Å². The van der Waals surface area contributed by atoms with Crippen LogP contribution in [0.25, 0.3) is 11.3 Å². The van der Waals surface area contributed by atoms with Crippen molar-refractivity contribution in [3.8, 4) is 11.3 Å². The number of nitrogens with zero attached hydrogens (tertiary/aromatic N) is 1. The number of carbonyl (C=O) groups is 1. The highest BCUT2D eigenvalue weighted by atomic mass is 16.5. The summed E-state index contributed by atoms with van der Waals surface area (Å²) in [5.74, 6) is -0.274. The van der Waals surface area contributed by atoms with E-state index in [2.05, 4.69) is 15.5 Å². The Labute approximate surface area is 111 Å². The van der Waals surface area contributed by atoms with E-state index >= 15 is 0 Å². The minimum atomic E-state index is -0.680.